The average Bonchev–Trinajstić information content (AvgIpc) is 2.47. The van der Waals surface area contributed by atoms with Gasteiger partial charge in [0, 0.05) is 11.9 Å². The summed E-state index contributed by atoms with van der Waals surface area (Å²) in [5, 5.41) is 3.23. The number of anilines is 1. The Kier molecular flexibility index (Phi) is 4.50. The van der Waals surface area contributed by atoms with Gasteiger partial charge in [0.15, 0.2) is 0 Å². The van der Waals surface area contributed by atoms with Gasteiger partial charge in [-0.1, -0.05) is 12.1 Å². The second-order valence-corrected chi connectivity index (χ2v) is 3.98. The van der Waals surface area contributed by atoms with Crippen LogP contribution in [0.1, 0.15) is 23.0 Å². The molecule has 1 aromatic carbocycles. The topological polar surface area (TPSA) is 51.2 Å². The zero-order valence-corrected chi connectivity index (χ0v) is 10.8. The zero-order chi connectivity index (χ0) is 13.5. The summed E-state index contributed by atoms with van der Waals surface area (Å²) in [7, 11) is 0. The van der Waals surface area contributed by atoms with E-state index in [0.29, 0.717) is 18.7 Å². The highest BCUT2D eigenvalue weighted by molar-refractivity contribution is 5.90. The molecule has 0 radical (unpaired) electrons. The molecule has 1 heterocycles. The van der Waals surface area contributed by atoms with Gasteiger partial charge in [0.1, 0.15) is 0 Å². The molecular weight excluding hydrogens is 240 g/mol. The Bertz CT molecular complexity index is 541. The molecule has 0 amide bonds. The molecule has 4 heteroatoms. The number of nitrogens with zero attached hydrogens (tertiary/aromatic N) is 1. The van der Waals surface area contributed by atoms with Gasteiger partial charge in [-0.05, 0) is 37.3 Å². The Morgan fingerprint density at radius 1 is 1.26 bits per heavy atom. The lowest BCUT2D eigenvalue weighted by atomic mass is 10.2. The van der Waals surface area contributed by atoms with Gasteiger partial charge in [0.25, 0.3) is 0 Å². The smallest absolute Gasteiger partial charge is 0.338 e. The number of hydrogen-bond donors (Lipinski definition) is 1. The van der Waals surface area contributed by atoms with E-state index in [9.17, 15) is 4.79 Å². The third-order valence-corrected chi connectivity index (χ3v) is 2.57. The fourth-order valence-corrected chi connectivity index (χ4v) is 1.67. The summed E-state index contributed by atoms with van der Waals surface area (Å²) >= 11 is 0. The number of pyridine rings is 1. The highest BCUT2D eigenvalue weighted by Crippen LogP contribution is 2.12. The predicted octanol–water partition coefficient (Wildman–Crippen LogP) is 2.87. The SMILES string of the molecule is CCOC(=O)c1cccc(NCc2ccccn2)c1. The molecule has 0 atom stereocenters. The molecule has 0 saturated heterocycles. The molecule has 0 spiro atoms. The van der Waals surface area contributed by atoms with Crippen molar-refractivity contribution in [2.75, 3.05) is 11.9 Å². The number of aromatic nitrogens is 1. The molecule has 2 aromatic rings. The van der Waals surface area contributed by atoms with Crippen molar-refractivity contribution < 1.29 is 9.53 Å². The number of nitrogens with one attached hydrogen (secondary N) is 1. The maximum atomic E-state index is 11.6. The summed E-state index contributed by atoms with van der Waals surface area (Å²) in [6, 6.07) is 13.0. The van der Waals surface area contributed by atoms with Gasteiger partial charge >= 0.3 is 5.97 Å². The van der Waals surface area contributed by atoms with Crippen molar-refractivity contribution in [1.29, 1.82) is 0 Å². The number of rotatable bonds is 5. The molecule has 0 fully saturated rings. The van der Waals surface area contributed by atoms with Crippen LogP contribution in [0.4, 0.5) is 5.69 Å². The summed E-state index contributed by atoms with van der Waals surface area (Å²) < 4.78 is 4.97. The van der Waals surface area contributed by atoms with Gasteiger partial charge in [-0.25, -0.2) is 4.79 Å². The van der Waals surface area contributed by atoms with E-state index in [-0.39, 0.29) is 5.97 Å². The van der Waals surface area contributed by atoms with Crippen LogP contribution in [0.2, 0.25) is 0 Å². The second kappa shape index (κ2) is 6.54. The second-order valence-electron chi connectivity index (χ2n) is 3.98. The molecule has 0 aliphatic rings. The number of esters is 1. The Morgan fingerprint density at radius 2 is 2.16 bits per heavy atom. The summed E-state index contributed by atoms with van der Waals surface area (Å²) in [4.78, 5) is 15.8. The molecule has 2 rings (SSSR count). The highest BCUT2D eigenvalue weighted by Gasteiger charge is 2.06. The van der Waals surface area contributed by atoms with Gasteiger partial charge < -0.3 is 10.1 Å². The minimum absolute atomic E-state index is 0.302. The number of carbonyl (C=O) groups is 1. The molecule has 0 bridgehead atoms. The van der Waals surface area contributed by atoms with E-state index in [1.807, 2.05) is 30.3 Å². The van der Waals surface area contributed by atoms with Crippen molar-refractivity contribution in [1.82, 2.24) is 4.98 Å². The van der Waals surface area contributed by atoms with Crippen LogP contribution in [0.3, 0.4) is 0 Å². The van der Waals surface area contributed by atoms with Crippen LogP contribution in [0, 0.1) is 0 Å². The van der Waals surface area contributed by atoms with Crippen molar-refractivity contribution in [2.45, 2.75) is 13.5 Å². The van der Waals surface area contributed by atoms with Crippen molar-refractivity contribution >= 4 is 11.7 Å². The zero-order valence-electron chi connectivity index (χ0n) is 10.8. The fraction of sp³-hybridized carbons (Fsp3) is 0.200. The molecule has 1 aromatic heterocycles. The quantitative estimate of drug-likeness (QED) is 0.836. The monoisotopic (exact) mass is 256 g/mol. The van der Waals surface area contributed by atoms with Crippen LogP contribution in [-0.4, -0.2) is 17.6 Å². The van der Waals surface area contributed by atoms with Crippen LogP contribution in [0.5, 0.6) is 0 Å². The van der Waals surface area contributed by atoms with E-state index in [1.165, 1.54) is 0 Å². The number of benzene rings is 1. The third kappa shape index (κ3) is 3.81. The summed E-state index contributed by atoms with van der Waals surface area (Å²) in [6.45, 7) is 2.79. The van der Waals surface area contributed by atoms with Crippen LogP contribution in [0.15, 0.2) is 48.7 Å². The molecule has 0 aliphatic carbocycles. The predicted molar refractivity (Wildman–Crippen MR) is 74.0 cm³/mol. The van der Waals surface area contributed by atoms with Crippen LogP contribution in [-0.2, 0) is 11.3 Å². The van der Waals surface area contributed by atoms with E-state index in [4.69, 9.17) is 4.74 Å². The summed E-state index contributed by atoms with van der Waals surface area (Å²) in [6.07, 6.45) is 1.76. The first-order valence-corrected chi connectivity index (χ1v) is 6.20. The Labute approximate surface area is 112 Å². The fourth-order valence-electron chi connectivity index (χ4n) is 1.67. The number of ether oxygens (including phenoxy) is 1. The number of hydrogen-bond acceptors (Lipinski definition) is 4. The van der Waals surface area contributed by atoms with Crippen molar-refractivity contribution in [2.24, 2.45) is 0 Å². The lowest BCUT2D eigenvalue weighted by Gasteiger charge is -2.07. The van der Waals surface area contributed by atoms with Crippen LogP contribution < -0.4 is 5.32 Å². The Balaban J connectivity index is 2.01. The van der Waals surface area contributed by atoms with Crippen molar-refractivity contribution in [3.63, 3.8) is 0 Å². The van der Waals surface area contributed by atoms with E-state index in [1.54, 1.807) is 25.3 Å². The van der Waals surface area contributed by atoms with Gasteiger partial charge in [-0.3, -0.25) is 4.98 Å². The van der Waals surface area contributed by atoms with E-state index in [2.05, 4.69) is 10.3 Å². The lowest BCUT2D eigenvalue weighted by molar-refractivity contribution is 0.0526. The first-order chi connectivity index (χ1) is 9.29. The molecular formula is C15H16N2O2. The maximum Gasteiger partial charge on any atom is 0.338 e. The minimum atomic E-state index is -0.302. The van der Waals surface area contributed by atoms with E-state index in [0.717, 1.165) is 11.4 Å². The van der Waals surface area contributed by atoms with E-state index >= 15 is 0 Å². The van der Waals surface area contributed by atoms with Crippen molar-refractivity contribution in [3.05, 3.63) is 59.9 Å². The molecule has 1 N–H and O–H groups in total. The van der Waals surface area contributed by atoms with Crippen molar-refractivity contribution in [3.8, 4) is 0 Å². The molecule has 0 aliphatic heterocycles. The lowest BCUT2D eigenvalue weighted by Crippen LogP contribution is -2.06. The largest absolute Gasteiger partial charge is 0.462 e. The standard InChI is InChI=1S/C15H16N2O2/c1-2-19-15(18)12-6-5-8-13(10-12)17-11-14-7-3-4-9-16-14/h3-10,17H,2,11H2,1H3. The first-order valence-electron chi connectivity index (χ1n) is 6.20. The first kappa shape index (κ1) is 13.1. The summed E-state index contributed by atoms with van der Waals surface area (Å²) in [5.74, 6) is -0.302. The van der Waals surface area contributed by atoms with Gasteiger partial charge in [-0.2, -0.15) is 0 Å². The maximum absolute atomic E-state index is 11.6. The average molecular weight is 256 g/mol. The summed E-state index contributed by atoms with van der Waals surface area (Å²) in [5.41, 5.74) is 2.37. The van der Waals surface area contributed by atoms with Gasteiger partial charge in [0.2, 0.25) is 0 Å². The molecule has 0 unspecified atom stereocenters. The minimum Gasteiger partial charge on any atom is -0.462 e. The highest BCUT2D eigenvalue weighted by atomic mass is 16.5. The third-order valence-electron chi connectivity index (χ3n) is 2.57. The Morgan fingerprint density at radius 3 is 2.89 bits per heavy atom. The molecule has 19 heavy (non-hydrogen) atoms. The van der Waals surface area contributed by atoms with Crippen LogP contribution in [0.25, 0.3) is 0 Å². The van der Waals surface area contributed by atoms with Gasteiger partial charge in [0.05, 0.1) is 24.4 Å². The number of carbonyl (C=O) groups excluding carboxylic acids is 1. The molecule has 4 nitrogen and oxygen atoms in total. The molecule has 98 valence electrons. The Hall–Kier alpha value is -2.36. The van der Waals surface area contributed by atoms with Crippen LogP contribution >= 0.6 is 0 Å². The van der Waals surface area contributed by atoms with E-state index < -0.39 is 0 Å². The molecule has 0 saturated carbocycles. The normalized spacial score (nSPS) is 9.95. The van der Waals surface area contributed by atoms with Gasteiger partial charge in [-0.15, -0.1) is 0 Å².